The van der Waals surface area contributed by atoms with Gasteiger partial charge in [0.15, 0.2) is 10.8 Å². The number of alkyl halides is 3. The Morgan fingerprint density at radius 3 is 2.71 bits per heavy atom. The van der Waals surface area contributed by atoms with Crippen LogP contribution in [0.4, 0.5) is 24.0 Å². The first-order chi connectivity index (χ1) is 9.90. The van der Waals surface area contributed by atoms with Gasteiger partial charge in [-0.05, 0) is 30.7 Å². The number of hydrogen-bond donors (Lipinski definition) is 2. The van der Waals surface area contributed by atoms with Crippen molar-refractivity contribution in [1.82, 2.24) is 4.98 Å². The maximum absolute atomic E-state index is 12.5. The van der Waals surface area contributed by atoms with Crippen LogP contribution in [-0.2, 0) is 6.18 Å². The molecule has 0 atom stereocenters. The molecule has 0 saturated heterocycles. The van der Waals surface area contributed by atoms with E-state index in [9.17, 15) is 13.2 Å². The molecule has 0 aliphatic rings. The number of nitrogens with zero attached hydrogens (tertiary/aromatic N) is 1. The standard InChI is InChI=1S/C13H13F3N2O2S/c1-8-6-9(2-3-10(8)20-5-4-19)17-12-18-11(7-21-12)13(14,15)16/h2-3,6-7,19H,4-5H2,1H3,(H,17,18). The zero-order valence-electron chi connectivity index (χ0n) is 11.1. The van der Waals surface area contributed by atoms with Crippen LogP contribution in [0.15, 0.2) is 23.6 Å². The fraction of sp³-hybridized carbons (Fsp3) is 0.308. The average molecular weight is 318 g/mol. The van der Waals surface area contributed by atoms with E-state index in [0.29, 0.717) is 11.4 Å². The summed E-state index contributed by atoms with van der Waals surface area (Å²) in [6.07, 6.45) is -4.44. The molecule has 0 radical (unpaired) electrons. The lowest BCUT2D eigenvalue weighted by Gasteiger charge is -2.10. The zero-order chi connectivity index (χ0) is 15.5. The Kier molecular flexibility index (Phi) is 4.69. The molecule has 0 amide bonds. The third kappa shape index (κ3) is 4.08. The molecule has 0 fully saturated rings. The highest BCUT2D eigenvalue weighted by molar-refractivity contribution is 7.13. The van der Waals surface area contributed by atoms with Crippen LogP contribution in [0.5, 0.6) is 5.75 Å². The molecule has 1 aromatic heterocycles. The van der Waals surface area contributed by atoms with Crippen LogP contribution < -0.4 is 10.1 Å². The number of benzene rings is 1. The number of halogens is 3. The Labute approximate surface area is 123 Å². The Balaban J connectivity index is 2.09. The summed E-state index contributed by atoms with van der Waals surface area (Å²) in [6, 6.07) is 5.10. The van der Waals surface area contributed by atoms with Gasteiger partial charge < -0.3 is 15.2 Å². The van der Waals surface area contributed by atoms with Crippen molar-refractivity contribution in [2.75, 3.05) is 18.5 Å². The van der Waals surface area contributed by atoms with Crippen molar-refractivity contribution in [3.8, 4) is 5.75 Å². The number of aliphatic hydroxyl groups excluding tert-OH is 1. The second-order valence-corrected chi connectivity index (χ2v) is 5.07. The number of ether oxygens (including phenoxy) is 1. The van der Waals surface area contributed by atoms with E-state index in [2.05, 4.69) is 10.3 Å². The predicted octanol–water partition coefficient (Wildman–Crippen LogP) is 3.59. The van der Waals surface area contributed by atoms with Crippen LogP contribution in [0, 0.1) is 6.92 Å². The van der Waals surface area contributed by atoms with E-state index >= 15 is 0 Å². The fourth-order valence-corrected chi connectivity index (χ4v) is 2.37. The molecule has 0 saturated carbocycles. The highest BCUT2D eigenvalue weighted by Crippen LogP contribution is 2.33. The third-order valence-electron chi connectivity index (χ3n) is 2.57. The van der Waals surface area contributed by atoms with Gasteiger partial charge in [-0.1, -0.05) is 0 Å². The van der Waals surface area contributed by atoms with Gasteiger partial charge in [-0.15, -0.1) is 11.3 Å². The third-order valence-corrected chi connectivity index (χ3v) is 3.33. The van der Waals surface area contributed by atoms with Crippen LogP contribution in [0.3, 0.4) is 0 Å². The molecule has 0 aliphatic carbocycles. The summed E-state index contributed by atoms with van der Waals surface area (Å²) in [7, 11) is 0. The van der Waals surface area contributed by atoms with Gasteiger partial charge >= 0.3 is 6.18 Å². The van der Waals surface area contributed by atoms with Gasteiger partial charge in [0.05, 0.1) is 6.61 Å². The number of aryl methyl sites for hydroxylation is 1. The lowest BCUT2D eigenvalue weighted by molar-refractivity contribution is -0.140. The van der Waals surface area contributed by atoms with E-state index in [1.807, 2.05) is 0 Å². The first kappa shape index (κ1) is 15.6. The number of rotatable bonds is 5. The summed E-state index contributed by atoms with van der Waals surface area (Å²) in [5.41, 5.74) is 0.516. The minimum absolute atomic E-state index is 0.0845. The van der Waals surface area contributed by atoms with E-state index in [0.717, 1.165) is 22.3 Å². The molecular weight excluding hydrogens is 305 g/mol. The van der Waals surface area contributed by atoms with E-state index in [-0.39, 0.29) is 18.3 Å². The Hall–Kier alpha value is -1.80. The Morgan fingerprint density at radius 2 is 2.14 bits per heavy atom. The smallest absolute Gasteiger partial charge is 0.434 e. The maximum Gasteiger partial charge on any atom is 0.434 e. The SMILES string of the molecule is Cc1cc(Nc2nc(C(F)(F)F)cs2)ccc1OCCO. The van der Waals surface area contributed by atoms with E-state index in [1.54, 1.807) is 25.1 Å². The van der Waals surface area contributed by atoms with E-state index < -0.39 is 11.9 Å². The molecular formula is C13H13F3N2O2S. The number of aromatic nitrogens is 1. The summed E-state index contributed by atoms with van der Waals surface area (Å²) in [5.74, 6) is 0.615. The highest BCUT2D eigenvalue weighted by Gasteiger charge is 2.33. The van der Waals surface area contributed by atoms with Gasteiger partial charge in [-0.25, -0.2) is 4.98 Å². The number of thiazole rings is 1. The molecule has 21 heavy (non-hydrogen) atoms. The molecule has 2 aromatic rings. The number of nitrogens with one attached hydrogen (secondary N) is 1. The van der Waals surface area contributed by atoms with Crippen LogP contribution in [-0.4, -0.2) is 23.3 Å². The van der Waals surface area contributed by atoms with Crippen LogP contribution in [0.2, 0.25) is 0 Å². The van der Waals surface area contributed by atoms with Gasteiger partial charge in [-0.2, -0.15) is 13.2 Å². The molecule has 2 N–H and O–H groups in total. The van der Waals surface area contributed by atoms with Gasteiger partial charge in [0, 0.05) is 11.1 Å². The van der Waals surface area contributed by atoms with Crippen molar-refractivity contribution in [3.63, 3.8) is 0 Å². The second kappa shape index (κ2) is 6.31. The Bertz CT molecular complexity index is 614. The number of hydrogen-bond acceptors (Lipinski definition) is 5. The normalized spacial score (nSPS) is 11.5. The van der Waals surface area contributed by atoms with Crippen molar-refractivity contribution in [3.05, 3.63) is 34.8 Å². The first-order valence-electron chi connectivity index (χ1n) is 6.04. The minimum atomic E-state index is -4.44. The Morgan fingerprint density at radius 1 is 1.38 bits per heavy atom. The molecule has 0 unspecified atom stereocenters. The number of anilines is 2. The van der Waals surface area contributed by atoms with Crippen molar-refractivity contribution in [2.24, 2.45) is 0 Å². The topological polar surface area (TPSA) is 54.4 Å². The highest BCUT2D eigenvalue weighted by atomic mass is 32.1. The quantitative estimate of drug-likeness (QED) is 0.885. The van der Waals surface area contributed by atoms with E-state index in [4.69, 9.17) is 9.84 Å². The van der Waals surface area contributed by atoms with Crippen molar-refractivity contribution in [2.45, 2.75) is 13.1 Å². The molecule has 2 rings (SSSR count). The maximum atomic E-state index is 12.5. The summed E-state index contributed by atoms with van der Waals surface area (Å²) >= 11 is 0.889. The second-order valence-electron chi connectivity index (χ2n) is 4.21. The lowest BCUT2D eigenvalue weighted by Crippen LogP contribution is -2.05. The van der Waals surface area contributed by atoms with Crippen molar-refractivity contribution in [1.29, 1.82) is 0 Å². The molecule has 0 spiro atoms. The van der Waals surface area contributed by atoms with Gasteiger partial charge in [0.1, 0.15) is 12.4 Å². The summed E-state index contributed by atoms with van der Waals surface area (Å²) in [4.78, 5) is 3.50. The van der Waals surface area contributed by atoms with Gasteiger partial charge in [-0.3, -0.25) is 0 Å². The molecule has 8 heteroatoms. The van der Waals surface area contributed by atoms with E-state index in [1.165, 1.54) is 0 Å². The van der Waals surface area contributed by atoms with Crippen LogP contribution in [0.25, 0.3) is 0 Å². The summed E-state index contributed by atoms with van der Waals surface area (Å²) in [5, 5.41) is 12.7. The summed E-state index contributed by atoms with van der Waals surface area (Å²) < 4.78 is 42.7. The minimum Gasteiger partial charge on any atom is -0.491 e. The summed E-state index contributed by atoms with van der Waals surface area (Å²) in [6.45, 7) is 1.91. The monoisotopic (exact) mass is 318 g/mol. The van der Waals surface area contributed by atoms with Crippen molar-refractivity contribution < 1.29 is 23.0 Å². The van der Waals surface area contributed by atoms with Gasteiger partial charge in [0.25, 0.3) is 0 Å². The molecule has 1 aromatic carbocycles. The molecule has 0 aliphatic heterocycles. The van der Waals surface area contributed by atoms with Crippen LogP contribution in [0.1, 0.15) is 11.3 Å². The number of aliphatic hydroxyl groups is 1. The fourth-order valence-electron chi connectivity index (χ4n) is 1.63. The molecule has 114 valence electrons. The molecule has 1 heterocycles. The van der Waals surface area contributed by atoms with Gasteiger partial charge in [0.2, 0.25) is 0 Å². The van der Waals surface area contributed by atoms with Crippen molar-refractivity contribution >= 4 is 22.2 Å². The largest absolute Gasteiger partial charge is 0.491 e. The molecule has 4 nitrogen and oxygen atoms in total. The zero-order valence-corrected chi connectivity index (χ0v) is 11.9. The average Bonchev–Trinajstić information content (AvgIpc) is 2.86. The van der Waals surface area contributed by atoms with Crippen LogP contribution >= 0.6 is 11.3 Å². The predicted molar refractivity (Wildman–Crippen MR) is 74.2 cm³/mol. The first-order valence-corrected chi connectivity index (χ1v) is 6.92. The molecule has 0 bridgehead atoms. The lowest BCUT2D eigenvalue weighted by atomic mass is 10.2.